The van der Waals surface area contributed by atoms with E-state index in [2.05, 4.69) is 80.7 Å². The van der Waals surface area contributed by atoms with Crippen molar-refractivity contribution in [2.45, 2.75) is 42.2 Å². The maximum atomic E-state index is 6.27. The SMILES string of the molecule is CC1(C)COC(Sc2ccccc2)C(C)(c2ccccc2)N1. The van der Waals surface area contributed by atoms with Crippen LogP contribution in [0.2, 0.25) is 0 Å². The van der Waals surface area contributed by atoms with E-state index >= 15 is 0 Å². The van der Waals surface area contributed by atoms with E-state index in [-0.39, 0.29) is 16.5 Å². The molecule has 0 spiro atoms. The monoisotopic (exact) mass is 313 g/mol. The molecule has 2 atom stereocenters. The Morgan fingerprint density at radius 3 is 2.18 bits per heavy atom. The van der Waals surface area contributed by atoms with Gasteiger partial charge in [0.15, 0.2) is 0 Å². The van der Waals surface area contributed by atoms with Gasteiger partial charge in [0.2, 0.25) is 0 Å². The molecule has 2 aromatic rings. The predicted octanol–water partition coefficient (Wildman–Crippen LogP) is 4.42. The molecule has 0 saturated carbocycles. The second kappa shape index (κ2) is 6.07. The van der Waals surface area contributed by atoms with Crippen LogP contribution in [0.25, 0.3) is 0 Å². The molecule has 3 heteroatoms. The molecule has 1 aliphatic heterocycles. The molecule has 1 aliphatic rings. The molecule has 0 aromatic heterocycles. The van der Waals surface area contributed by atoms with Gasteiger partial charge < -0.3 is 4.74 Å². The zero-order valence-electron chi connectivity index (χ0n) is 13.4. The van der Waals surface area contributed by atoms with Gasteiger partial charge in [0, 0.05) is 10.4 Å². The fourth-order valence-electron chi connectivity index (χ4n) is 3.02. The molecule has 1 heterocycles. The molecule has 2 unspecified atom stereocenters. The van der Waals surface area contributed by atoms with Crippen LogP contribution >= 0.6 is 11.8 Å². The number of rotatable bonds is 3. The summed E-state index contributed by atoms with van der Waals surface area (Å²) in [7, 11) is 0. The van der Waals surface area contributed by atoms with E-state index in [0.717, 1.165) is 0 Å². The average molecular weight is 313 g/mol. The first-order chi connectivity index (χ1) is 10.5. The van der Waals surface area contributed by atoms with Crippen LogP contribution in [-0.2, 0) is 10.3 Å². The molecule has 1 fully saturated rings. The van der Waals surface area contributed by atoms with Crippen molar-refractivity contribution in [1.82, 2.24) is 5.32 Å². The molecule has 22 heavy (non-hydrogen) atoms. The van der Waals surface area contributed by atoms with E-state index in [1.165, 1.54) is 10.5 Å². The van der Waals surface area contributed by atoms with E-state index in [1.54, 1.807) is 11.8 Å². The summed E-state index contributed by atoms with van der Waals surface area (Å²) in [6, 6.07) is 21.1. The molecule has 2 aromatic carbocycles. The van der Waals surface area contributed by atoms with Crippen molar-refractivity contribution >= 4 is 11.8 Å². The highest BCUT2D eigenvalue weighted by atomic mass is 32.2. The molecule has 0 amide bonds. The maximum absolute atomic E-state index is 6.27. The lowest BCUT2D eigenvalue weighted by molar-refractivity contribution is -0.0467. The van der Waals surface area contributed by atoms with E-state index < -0.39 is 0 Å². The Morgan fingerprint density at radius 2 is 1.55 bits per heavy atom. The van der Waals surface area contributed by atoms with Gasteiger partial charge >= 0.3 is 0 Å². The molecule has 116 valence electrons. The highest BCUT2D eigenvalue weighted by Gasteiger charge is 2.45. The van der Waals surface area contributed by atoms with E-state index in [9.17, 15) is 0 Å². The van der Waals surface area contributed by atoms with Crippen LogP contribution in [0.4, 0.5) is 0 Å². The third kappa shape index (κ3) is 3.22. The second-order valence-electron chi connectivity index (χ2n) is 6.65. The summed E-state index contributed by atoms with van der Waals surface area (Å²) >= 11 is 1.78. The summed E-state index contributed by atoms with van der Waals surface area (Å²) in [5, 5.41) is 3.81. The summed E-state index contributed by atoms with van der Waals surface area (Å²) < 4.78 is 6.27. The van der Waals surface area contributed by atoms with Gasteiger partial charge in [0.1, 0.15) is 5.44 Å². The first kappa shape index (κ1) is 15.6. The van der Waals surface area contributed by atoms with Gasteiger partial charge in [-0.3, -0.25) is 5.32 Å². The topological polar surface area (TPSA) is 21.3 Å². The van der Waals surface area contributed by atoms with Crippen molar-refractivity contribution in [2.75, 3.05) is 6.61 Å². The second-order valence-corrected chi connectivity index (χ2v) is 7.79. The van der Waals surface area contributed by atoms with Crippen LogP contribution in [0, 0.1) is 0 Å². The summed E-state index contributed by atoms with van der Waals surface area (Å²) in [4.78, 5) is 1.23. The van der Waals surface area contributed by atoms with Crippen molar-refractivity contribution in [3.05, 3.63) is 66.2 Å². The lowest BCUT2D eigenvalue weighted by Crippen LogP contribution is -2.63. The van der Waals surface area contributed by atoms with Crippen molar-refractivity contribution in [2.24, 2.45) is 0 Å². The van der Waals surface area contributed by atoms with Gasteiger partial charge in [0.05, 0.1) is 12.1 Å². The largest absolute Gasteiger partial charge is 0.363 e. The number of benzene rings is 2. The number of ether oxygens (including phenoxy) is 1. The van der Waals surface area contributed by atoms with Gasteiger partial charge in [-0.05, 0) is 38.5 Å². The van der Waals surface area contributed by atoms with E-state index in [0.29, 0.717) is 6.61 Å². The zero-order valence-corrected chi connectivity index (χ0v) is 14.2. The lowest BCUT2D eigenvalue weighted by atomic mass is 9.87. The third-order valence-electron chi connectivity index (χ3n) is 4.02. The third-order valence-corrected chi connectivity index (χ3v) is 5.39. The average Bonchev–Trinajstić information content (AvgIpc) is 2.52. The van der Waals surface area contributed by atoms with Crippen molar-refractivity contribution < 1.29 is 4.74 Å². The minimum absolute atomic E-state index is 0.0327. The minimum atomic E-state index is -0.233. The molecule has 0 radical (unpaired) electrons. The maximum Gasteiger partial charge on any atom is 0.129 e. The van der Waals surface area contributed by atoms with E-state index in [1.807, 2.05) is 6.07 Å². The molecule has 3 rings (SSSR count). The fraction of sp³-hybridized carbons (Fsp3) is 0.368. The Bertz CT molecular complexity index is 614. The molecule has 0 aliphatic carbocycles. The number of thioether (sulfide) groups is 1. The predicted molar refractivity (Wildman–Crippen MR) is 93.0 cm³/mol. The summed E-state index contributed by atoms with van der Waals surface area (Å²) in [5.74, 6) is 0. The summed E-state index contributed by atoms with van der Waals surface area (Å²) in [6.07, 6.45) is 0. The quantitative estimate of drug-likeness (QED) is 0.906. The normalized spacial score (nSPS) is 27.5. The van der Waals surface area contributed by atoms with Crippen LogP contribution in [0.15, 0.2) is 65.6 Å². The minimum Gasteiger partial charge on any atom is -0.363 e. The smallest absolute Gasteiger partial charge is 0.129 e. The molecular weight excluding hydrogens is 290 g/mol. The number of nitrogens with one attached hydrogen (secondary N) is 1. The van der Waals surface area contributed by atoms with Crippen LogP contribution in [0.5, 0.6) is 0 Å². The highest BCUT2D eigenvalue weighted by molar-refractivity contribution is 7.99. The first-order valence-electron chi connectivity index (χ1n) is 7.68. The Morgan fingerprint density at radius 1 is 0.955 bits per heavy atom. The Kier molecular flexibility index (Phi) is 4.31. The Balaban J connectivity index is 1.93. The van der Waals surface area contributed by atoms with Gasteiger partial charge in [-0.25, -0.2) is 0 Å². The highest BCUT2D eigenvalue weighted by Crippen LogP contribution is 2.41. The lowest BCUT2D eigenvalue weighted by Gasteiger charge is -2.49. The van der Waals surface area contributed by atoms with Crippen molar-refractivity contribution in [1.29, 1.82) is 0 Å². The Labute approximate surface area is 137 Å². The molecular formula is C19H23NOS. The van der Waals surface area contributed by atoms with Crippen LogP contribution < -0.4 is 5.32 Å². The molecule has 2 nitrogen and oxygen atoms in total. The molecule has 0 bridgehead atoms. The van der Waals surface area contributed by atoms with Gasteiger partial charge in [0.25, 0.3) is 0 Å². The zero-order chi connectivity index (χ0) is 15.6. The van der Waals surface area contributed by atoms with Gasteiger partial charge in [-0.15, -0.1) is 0 Å². The van der Waals surface area contributed by atoms with Gasteiger partial charge in [-0.1, -0.05) is 60.3 Å². The standard InChI is InChI=1S/C19H23NOS/c1-18(2)14-21-17(22-16-12-8-5-9-13-16)19(3,20-18)15-10-6-4-7-11-15/h4-13,17,20H,14H2,1-3H3. The fourth-order valence-corrected chi connectivity index (χ4v) is 4.14. The Hall–Kier alpha value is -1.29. The van der Waals surface area contributed by atoms with Crippen LogP contribution in [0.1, 0.15) is 26.3 Å². The summed E-state index contributed by atoms with van der Waals surface area (Å²) in [5.41, 5.74) is 1.02. The number of morpholine rings is 1. The summed E-state index contributed by atoms with van der Waals surface area (Å²) in [6.45, 7) is 7.33. The molecule has 1 N–H and O–H groups in total. The number of hydrogen-bond donors (Lipinski definition) is 1. The molecule has 1 saturated heterocycles. The van der Waals surface area contributed by atoms with Crippen molar-refractivity contribution in [3.8, 4) is 0 Å². The van der Waals surface area contributed by atoms with Crippen LogP contribution in [-0.4, -0.2) is 17.6 Å². The number of hydrogen-bond acceptors (Lipinski definition) is 3. The van der Waals surface area contributed by atoms with Crippen LogP contribution in [0.3, 0.4) is 0 Å². The van der Waals surface area contributed by atoms with Gasteiger partial charge in [-0.2, -0.15) is 0 Å². The van der Waals surface area contributed by atoms with E-state index in [4.69, 9.17) is 4.74 Å². The van der Waals surface area contributed by atoms with Crippen molar-refractivity contribution in [3.63, 3.8) is 0 Å². The first-order valence-corrected chi connectivity index (χ1v) is 8.56.